The Morgan fingerprint density at radius 1 is 0.960 bits per heavy atom. The topological polar surface area (TPSA) is 93.1 Å². The van der Waals surface area contributed by atoms with Crippen molar-refractivity contribution in [2.75, 3.05) is 6.61 Å². The second-order valence-corrected chi connectivity index (χ2v) is 5.73. The molecule has 2 aromatic carbocycles. The van der Waals surface area contributed by atoms with Gasteiger partial charge in [0.15, 0.2) is 12.7 Å². The van der Waals surface area contributed by atoms with Gasteiger partial charge in [-0.25, -0.2) is 9.59 Å². The lowest BCUT2D eigenvalue weighted by molar-refractivity contribution is -0.151. The molecule has 0 fully saturated rings. The summed E-state index contributed by atoms with van der Waals surface area (Å²) in [5.74, 6) is -1.72. The van der Waals surface area contributed by atoms with E-state index >= 15 is 0 Å². The van der Waals surface area contributed by atoms with Gasteiger partial charge in [-0.3, -0.25) is 0 Å². The molecule has 0 saturated carbocycles. The summed E-state index contributed by atoms with van der Waals surface area (Å²) in [6.45, 7) is -0.269. The zero-order valence-corrected chi connectivity index (χ0v) is 14.0. The first-order valence-corrected chi connectivity index (χ1v) is 7.84. The molecule has 1 unspecified atom stereocenters. The summed E-state index contributed by atoms with van der Waals surface area (Å²) in [4.78, 5) is 21.8. The number of hydrogen-bond acceptors (Lipinski definition) is 4. The summed E-state index contributed by atoms with van der Waals surface area (Å²) in [6.07, 6.45) is -0.816. The van der Waals surface area contributed by atoms with Gasteiger partial charge in [0.25, 0.3) is 0 Å². The monoisotopic (exact) mass is 364 g/mol. The second-order valence-electron chi connectivity index (χ2n) is 5.29. The van der Waals surface area contributed by atoms with Crippen molar-refractivity contribution in [3.05, 3.63) is 64.7 Å². The van der Waals surface area contributed by atoms with Crippen LogP contribution in [0.1, 0.15) is 11.1 Å². The van der Waals surface area contributed by atoms with Gasteiger partial charge in [0.1, 0.15) is 5.75 Å². The summed E-state index contributed by atoms with van der Waals surface area (Å²) in [7, 11) is 0. The van der Waals surface area contributed by atoms with Crippen LogP contribution in [0.3, 0.4) is 0 Å². The molecule has 6 nitrogen and oxygen atoms in total. The maximum absolute atomic E-state index is 11.4. The fraction of sp³-hybridized carbons (Fsp3) is 0.222. The van der Waals surface area contributed by atoms with E-state index in [0.29, 0.717) is 10.8 Å². The number of rotatable bonds is 9. The van der Waals surface area contributed by atoms with Crippen molar-refractivity contribution in [3.8, 4) is 5.75 Å². The molecule has 132 valence electrons. The van der Waals surface area contributed by atoms with Gasteiger partial charge in [0.2, 0.25) is 0 Å². The van der Waals surface area contributed by atoms with Crippen molar-refractivity contribution in [2.24, 2.45) is 0 Å². The second kappa shape index (κ2) is 9.05. The molecule has 1 atom stereocenters. The Morgan fingerprint density at radius 2 is 1.56 bits per heavy atom. The van der Waals surface area contributed by atoms with Crippen LogP contribution in [-0.4, -0.2) is 34.9 Å². The number of carbonyl (C=O) groups is 2. The van der Waals surface area contributed by atoms with E-state index in [1.165, 1.54) is 0 Å². The minimum atomic E-state index is -1.06. The Bertz CT molecular complexity index is 711. The average Bonchev–Trinajstić information content (AvgIpc) is 2.59. The highest BCUT2D eigenvalue weighted by Crippen LogP contribution is 2.16. The standard InChI is InChI=1S/C18H17ClO6/c19-14-5-1-13(2-6-14)10-25-16(18(22)23)9-12-3-7-15(8-4-12)24-11-17(20)21/h1-8,16H,9-11H2,(H,20,21)(H,22,23). The lowest BCUT2D eigenvalue weighted by Gasteiger charge is -2.14. The number of carboxylic acid groups (broad SMARTS) is 2. The fourth-order valence-corrected chi connectivity index (χ4v) is 2.20. The first kappa shape index (κ1) is 18.8. The smallest absolute Gasteiger partial charge is 0.341 e. The van der Waals surface area contributed by atoms with Crippen molar-refractivity contribution in [3.63, 3.8) is 0 Å². The number of halogens is 1. The molecule has 0 spiro atoms. The minimum absolute atomic E-state index is 0.161. The van der Waals surface area contributed by atoms with Gasteiger partial charge in [0.05, 0.1) is 6.61 Å². The number of hydrogen-bond donors (Lipinski definition) is 2. The normalized spacial score (nSPS) is 11.7. The van der Waals surface area contributed by atoms with Crippen LogP contribution < -0.4 is 4.74 Å². The summed E-state index contributed by atoms with van der Waals surface area (Å²) in [5.41, 5.74) is 1.57. The largest absolute Gasteiger partial charge is 0.482 e. The quantitative estimate of drug-likeness (QED) is 0.710. The van der Waals surface area contributed by atoms with Gasteiger partial charge >= 0.3 is 11.9 Å². The van der Waals surface area contributed by atoms with Gasteiger partial charge in [-0.2, -0.15) is 0 Å². The molecule has 0 radical (unpaired) electrons. The van der Waals surface area contributed by atoms with Crippen LogP contribution in [-0.2, 0) is 27.4 Å². The highest BCUT2D eigenvalue weighted by molar-refractivity contribution is 6.30. The fourth-order valence-electron chi connectivity index (χ4n) is 2.08. The third-order valence-corrected chi connectivity index (χ3v) is 3.60. The molecule has 7 heteroatoms. The van der Waals surface area contributed by atoms with E-state index in [0.717, 1.165) is 11.1 Å². The molecule has 2 aromatic rings. The third-order valence-electron chi connectivity index (χ3n) is 3.35. The van der Waals surface area contributed by atoms with Crippen LogP contribution in [0.2, 0.25) is 5.02 Å². The van der Waals surface area contributed by atoms with E-state index in [-0.39, 0.29) is 13.0 Å². The molecule has 0 aliphatic rings. The highest BCUT2D eigenvalue weighted by Gasteiger charge is 2.19. The third kappa shape index (κ3) is 6.45. The van der Waals surface area contributed by atoms with Crippen LogP contribution in [0.4, 0.5) is 0 Å². The lowest BCUT2D eigenvalue weighted by atomic mass is 10.1. The van der Waals surface area contributed by atoms with Crippen molar-refractivity contribution in [1.82, 2.24) is 0 Å². The van der Waals surface area contributed by atoms with Crippen LogP contribution in [0.25, 0.3) is 0 Å². The molecular weight excluding hydrogens is 348 g/mol. The van der Waals surface area contributed by atoms with Crippen molar-refractivity contribution >= 4 is 23.5 Å². The SMILES string of the molecule is O=C(O)COc1ccc(CC(OCc2ccc(Cl)cc2)C(=O)O)cc1. The van der Waals surface area contributed by atoms with Crippen molar-refractivity contribution in [2.45, 2.75) is 19.1 Å². The summed E-state index contributed by atoms with van der Waals surface area (Å²) in [6, 6.07) is 13.5. The maximum atomic E-state index is 11.4. The highest BCUT2D eigenvalue weighted by atomic mass is 35.5. The predicted octanol–water partition coefficient (Wildman–Crippen LogP) is 3.02. The molecule has 2 rings (SSSR count). The van der Waals surface area contributed by atoms with Crippen LogP contribution in [0.15, 0.2) is 48.5 Å². The van der Waals surface area contributed by atoms with Gasteiger partial charge in [-0.05, 0) is 35.4 Å². The first-order chi connectivity index (χ1) is 11.9. The lowest BCUT2D eigenvalue weighted by Crippen LogP contribution is -2.26. The van der Waals surface area contributed by atoms with E-state index in [9.17, 15) is 14.7 Å². The van der Waals surface area contributed by atoms with E-state index < -0.39 is 24.6 Å². The maximum Gasteiger partial charge on any atom is 0.341 e. The summed E-state index contributed by atoms with van der Waals surface area (Å²) in [5, 5.41) is 18.5. The molecule has 2 N–H and O–H groups in total. The van der Waals surface area contributed by atoms with E-state index in [1.807, 2.05) is 0 Å². The molecular formula is C18H17ClO6. The molecule has 0 aliphatic heterocycles. The summed E-state index contributed by atoms with van der Waals surface area (Å²) < 4.78 is 10.5. The van der Waals surface area contributed by atoms with Crippen molar-refractivity contribution in [1.29, 1.82) is 0 Å². The molecule has 0 saturated heterocycles. The van der Waals surface area contributed by atoms with Crippen LogP contribution in [0.5, 0.6) is 5.75 Å². The predicted molar refractivity (Wildman–Crippen MR) is 90.9 cm³/mol. The Balaban J connectivity index is 1.93. The Labute approximate surface area is 149 Å². The van der Waals surface area contributed by atoms with Crippen molar-refractivity contribution < 1.29 is 29.3 Å². The zero-order valence-electron chi connectivity index (χ0n) is 13.2. The molecule has 0 amide bonds. The van der Waals surface area contributed by atoms with E-state index in [1.54, 1.807) is 48.5 Å². The Morgan fingerprint density at radius 3 is 2.12 bits per heavy atom. The zero-order chi connectivity index (χ0) is 18.2. The van der Waals surface area contributed by atoms with Gasteiger partial charge in [-0.15, -0.1) is 0 Å². The Hall–Kier alpha value is -2.57. The number of carboxylic acids is 2. The van der Waals surface area contributed by atoms with Gasteiger partial charge < -0.3 is 19.7 Å². The first-order valence-electron chi connectivity index (χ1n) is 7.46. The molecule has 0 heterocycles. The van der Waals surface area contributed by atoms with Crippen LogP contribution in [0, 0.1) is 0 Å². The molecule has 0 aliphatic carbocycles. The van der Waals surface area contributed by atoms with Gasteiger partial charge in [-0.1, -0.05) is 35.9 Å². The van der Waals surface area contributed by atoms with Gasteiger partial charge in [0, 0.05) is 11.4 Å². The average molecular weight is 365 g/mol. The molecule has 25 heavy (non-hydrogen) atoms. The molecule has 0 aromatic heterocycles. The Kier molecular flexibility index (Phi) is 6.80. The van der Waals surface area contributed by atoms with Crippen LogP contribution >= 0.6 is 11.6 Å². The number of aliphatic carboxylic acids is 2. The van der Waals surface area contributed by atoms with E-state index in [2.05, 4.69) is 0 Å². The number of ether oxygens (including phenoxy) is 2. The summed E-state index contributed by atoms with van der Waals surface area (Å²) >= 11 is 5.81. The van der Waals surface area contributed by atoms with E-state index in [4.69, 9.17) is 26.2 Å². The number of benzene rings is 2. The minimum Gasteiger partial charge on any atom is -0.482 e. The molecule has 0 bridgehead atoms.